The molecule has 25 heavy (non-hydrogen) atoms. The summed E-state index contributed by atoms with van der Waals surface area (Å²) >= 11 is 0. The molecule has 0 aliphatic carbocycles. The first-order valence-electron chi connectivity index (χ1n) is 7.46. The van der Waals surface area contributed by atoms with E-state index < -0.39 is 27.3 Å². The van der Waals surface area contributed by atoms with Crippen LogP contribution < -0.4 is 5.32 Å². The van der Waals surface area contributed by atoms with E-state index in [1.165, 1.54) is 10.4 Å². The Morgan fingerprint density at radius 3 is 2.64 bits per heavy atom. The molecule has 1 heterocycles. The van der Waals surface area contributed by atoms with E-state index in [1.54, 1.807) is 7.05 Å². The first-order valence-corrected chi connectivity index (χ1v) is 8.90. The van der Waals surface area contributed by atoms with Crippen molar-refractivity contribution in [2.75, 3.05) is 26.7 Å². The van der Waals surface area contributed by atoms with Crippen LogP contribution in [0.5, 0.6) is 0 Å². The third kappa shape index (κ3) is 4.85. The second-order valence-electron chi connectivity index (χ2n) is 5.75. The standard InChI is InChI=1S/C15H18F3N3O2S.ClH/c1-20-9-11-3-2-6-21(10-11)24(22,23)13-4-5-14(15(16,17)18)12(7-13)8-19;/h4-5,7,11,20H,2-3,6,9-10H2,1H3;1H. The fourth-order valence-corrected chi connectivity index (χ4v) is 4.45. The summed E-state index contributed by atoms with van der Waals surface area (Å²) in [5.74, 6) is 0.156. The summed E-state index contributed by atoms with van der Waals surface area (Å²) in [6.07, 6.45) is -3.11. The molecule has 1 saturated heterocycles. The molecular formula is C15H19ClF3N3O2S. The number of sulfonamides is 1. The zero-order valence-corrected chi connectivity index (χ0v) is 15.1. The Labute approximate surface area is 151 Å². The SMILES string of the molecule is CNCC1CCCN(S(=O)(=O)c2ccc(C(F)(F)F)c(C#N)c2)C1.Cl. The molecule has 0 spiro atoms. The highest BCUT2D eigenvalue weighted by Gasteiger charge is 2.36. The maximum atomic E-state index is 12.8. The van der Waals surface area contributed by atoms with Gasteiger partial charge in [0.15, 0.2) is 0 Å². The number of alkyl halides is 3. The van der Waals surface area contributed by atoms with Crippen LogP contribution in [0.2, 0.25) is 0 Å². The summed E-state index contributed by atoms with van der Waals surface area (Å²) < 4.78 is 65.2. The molecule has 1 aromatic carbocycles. The number of benzene rings is 1. The molecule has 1 N–H and O–H groups in total. The van der Waals surface area contributed by atoms with Crippen molar-refractivity contribution in [3.8, 4) is 6.07 Å². The van der Waals surface area contributed by atoms with Gasteiger partial charge in [-0.1, -0.05) is 0 Å². The average Bonchev–Trinajstić information content (AvgIpc) is 2.54. The van der Waals surface area contributed by atoms with Gasteiger partial charge in [0, 0.05) is 13.1 Å². The molecule has 1 unspecified atom stereocenters. The van der Waals surface area contributed by atoms with Crippen LogP contribution in [0.1, 0.15) is 24.0 Å². The van der Waals surface area contributed by atoms with Gasteiger partial charge in [-0.25, -0.2) is 8.42 Å². The van der Waals surface area contributed by atoms with Crippen molar-refractivity contribution in [2.45, 2.75) is 23.9 Å². The quantitative estimate of drug-likeness (QED) is 0.847. The van der Waals surface area contributed by atoms with Gasteiger partial charge in [0.25, 0.3) is 0 Å². The van der Waals surface area contributed by atoms with Crippen LogP contribution in [0, 0.1) is 17.2 Å². The molecule has 0 saturated carbocycles. The molecule has 0 radical (unpaired) electrons. The lowest BCUT2D eigenvalue weighted by Crippen LogP contribution is -2.42. The van der Waals surface area contributed by atoms with Crippen LogP contribution in [0.25, 0.3) is 0 Å². The van der Waals surface area contributed by atoms with Crippen LogP contribution in [0.4, 0.5) is 13.2 Å². The number of nitrogens with one attached hydrogen (secondary N) is 1. The number of halogens is 4. The minimum atomic E-state index is -4.70. The molecule has 10 heteroatoms. The molecule has 5 nitrogen and oxygen atoms in total. The van der Waals surface area contributed by atoms with Crippen molar-refractivity contribution in [2.24, 2.45) is 5.92 Å². The third-order valence-electron chi connectivity index (χ3n) is 4.03. The Hall–Kier alpha value is -1.34. The van der Waals surface area contributed by atoms with E-state index in [0.717, 1.165) is 18.6 Å². The number of rotatable bonds is 4. The molecule has 1 aliphatic heterocycles. The van der Waals surface area contributed by atoms with Crippen LogP contribution in [-0.2, 0) is 16.2 Å². The van der Waals surface area contributed by atoms with E-state index in [0.29, 0.717) is 32.1 Å². The Morgan fingerprint density at radius 1 is 1.40 bits per heavy atom. The number of nitrogens with zero attached hydrogens (tertiary/aromatic N) is 2. The molecular weight excluding hydrogens is 379 g/mol. The monoisotopic (exact) mass is 397 g/mol. The van der Waals surface area contributed by atoms with E-state index in [9.17, 15) is 21.6 Å². The summed E-state index contributed by atoms with van der Waals surface area (Å²) in [6.45, 7) is 1.31. The molecule has 1 aliphatic rings. The zero-order valence-electron chi connectivity index (χ0n) is 13.5. The summed E-state index contributed by atoms with van der Waals surface area (Å²) in [5, 5.41) is 11.9. The van der Waals surface area contributed by atoms with Crippen molar-refractivity contribution in [3.63, 3.8) is 0 Å². The topological polar surface area (TPSA) is 73.2 Å². The fourth-order valence-electron chi connectivity index (χ4n) is 2.87. The van der Waals surface area contributed by atoms with E-state index in [1.807, 2.05) is 0 Å². The van der Waals surface area contributed by atoms with Crippen LogP contribution in [0.15, 0.2) is 23.1 Å². The van der Waals surface area contributed by atoms with Crippen LogP contribution >= 0.6 is 12.4 Å². The van der Waals surface area contributed by atoms with Gasteiger partial charge >= 0.3 is 6.18 Å². The molecule has 0 bridgehead atoms. The van der Waals surface area contributed by atoms with Crippen molar-refractivity contribution in [3.05, 3.63) is 29.3 Å². The summed E-state index contributed by atoms with van der Waals surface area (Å²) in [7, 11) is -2.14. The van der Waals surface area contributed by atoms with Gasteiger partial charge in [-0.3, -0.25) is 0 Å². The van der Waals surface area contributed by atoms with Crippen LogP contribution in [-0.4, -0.2) is 39.4 Å². The summed E-state index contributed by atoms with van der Waals surface area (Å²) in [5.41, 5.74) is -1.82. The lowest BCUT2D eigenvalue weighted by molar-refractivity contribution is -0.137. The van der Waals surface area contributed by atoms with Gasteiger partial charge in [-0.05, 0) is 50.6 Å². The Bertz CT molecular complexity index is 745. The van der Waals surface area contributed by atoms with Gasteiger partial charge in [-0.2, -0.15) is 22.7 Å². The Morgan fingerprint density at radius 2 is 2.08 bits per heavy atom. The highest BCUT2D eigenvalue weighted by atomic mass is 35.5. The molecule has 1 fully saturated rings. The van der Waals surface area contributed by atoms with Crippen molar-refractivity contribution in [1.82, 2.24) is 9.62 Å². The first-order chi connectivity index (χ1) is 11.2. The number of hydrogen-bond acceptors (Lipinski definition) is 4. The smallest absolute Gasteiger partial charge is 0.319 e. The Kier molecular flexibility index (Phi) is 7.26. The summed E-state index contributed by atoms with van der Waals surface area (Å²) in [6, 6.07) is 3.81. The minimum absolute atomic E-state index is 0. The van der Waals surface area contributed by atoms with E-state index in [4.69, 9.17) is 5.26 Å². The van der Waals surface area contributed by atoms with Gasteiger partial charge in [0.05, 0.1) is 22.1 Å². The van der Waals surface area contributed by atoms with Crippen LogP contribution in [0.3, 0.4) is 0 Å². The first kappa shape index (κ1) is 21.7. The molecule has 0 aromatic heterocycles. The second kappa shape index (κ2) is 8.36. The number of piperidine rings is 1. The van der Waals surface area contributed by atoms with Crippen molar-refractivity contribution < 1.29 is 21.6 Å². The number of nitriles is 1. The molecule has 1 aromatic rings. The van der Waals surface area contributed by atoms with Crippen molar-refractivity contribution in [1.29, 1.82) is 5.26 Å². The fraction of sp³-hybridized carbons (Fsp3) is 0.533. The lowest BCUT2D eigenvalue weighted by atomic mass is 10.00. The normalized spacial score (nSPS) is 19.1. The molecule has 140 valence electrons. The van der Waals surface area contributed by atoms with Gasteiger partial charge < -0.3 is 5.32 Å². The third-order valence-corrected chi connectivity index (χ3v) is 5.89. The highest BCUT2D eigenvalue weighted by Crippen LogP contribution is 2.33. The van der Waals surface area contributed by atoms with E-state index in [2.05, 4.69) is 5.32 Å². The predicted molar refractivity (Wildman–Crippen MR) is 88.8 cm³/mol. The molecule has 0 amide bonds. The number of hydrogen-bond donors (Lipinski definition) is 1. The van der Waals surface area contributed by atoms with Gasteiger partial charge in [0.2, 0.25) is 10.0 Å². The average molecular weight is 398 g/mol. The maximum absolute atomic E-state index is 12.8. The zero-order chi connectivity index (χ0) is 18.0. The lowest BCUT2D eigenvalue weighted by Gasteiger charge is -2.32. The highest BCUT2D eigenvalue weighted by molar-refractivity contribution is 7.89. The van der Waals surface area contributed by atoms with Crippen molar-refractivity contribution >= 4 is 22.4 Å². The second-order valence-corrected chi connectivity index (χ2v) is 7.68. The Balaban J connectivity index is 0.00000312. The van der Waals surface area contributed by atoms with E-state index in [-0.39, 0.29) is 23.2 Å². The largest absolute Gasteiger partial charge is 0.417 e. The predicted octanol–water partition coefficient (Wildman–Crippen LogP) is 2.62. The summed E-state index contributed by atoms with van der Waals surface area (Å²) in [4.78, 5) is -0.280. The molecule has 1 atom stereocenters. The maximum Gasteiger partial charge on any atom is 0.417 e. The van der Waals surface area contributed by atoms with E-state index >= 15 is 0 Å². The van der Waals surface area contributed by atoms with Gasteiger partial charge in [-0.15, -0.1) is 12.4 Å². The van der Waals surface area contributed by atoms with Gasteiger partial charge in [0.1, 0.15) is 0 Å². The molecule has 2 rings (SSSR count). The minimum Gasteiger partial charge on any atom is -0.319 e.